The smallest absolute Gasteiger partial charge is 0.254 e. The van der Waals surface area contributed by atoms with Gasteiger partial charge >= 0.3 is 0 Å². The molecule has 0 bridgehead atoms. The van der Waals surface area contributed by atoms with Gasteiger partial charge in [-0.05, 0) is 36.9 Å². The fourth-order valence-corrected chi connectivity index (χ4v) is 3.54. The Morgan fingerprint density at radius 1 is 1.04 bits per heavy atom. The Hall–Kier alpha value is -2.73. The van der Waals surface area contributed by atoms with Crippen LogP contribution in [0.3, 0.4) is 0 Å². The first-order chi connectivity index (χ1) is 12.5. The van der Waals surface area contributed by atoms with Gasteiger partial charge in [0.25, 0.3) is 11.8 Å². The predicted molar refractivity (Wildman–Crippen MR) is 98.9 cm³/mol. The highest BCUT2D eigenvalue weighted by atomic mass is 16.2. The second-order valence-electron chi connectivity index (χ2n) is 7.06. The van der Waals surface area contributed by atoms with E-state index in [4.69, 9.17) is 0 Å². The Labute approximate surface area is 153 Å². The van der Waals surface area contributed by atoms with Gasteiger partial charge in [0.2, 0.25) is 0 Å². The molecule has 1 aromatic heterocycles. The number of aromatic nitrogens is 1. The summed E-state index contributed by atoms with van der Waals surface area (Å²) in [5.41, 5.74) is 4.11. The minimum Gasteiger partial charge on any atom is -0.337 e. The molecule has 1 saturated heterocycles. The van der Waals surface area contributed by atoms with E-state index in [-0.39, 0.29) is 11.8 Å². The van der Waals surface area contributed by atoms with Crippen LogP contribution in [-0.2, 0) is 6.54 Å². The first-order valence-electron chi connectivity index (χ1n) is 8.85. The molecule has 3 heterocycles. The second kappa shape index (κ2) is 6.53. The predicted octanol–water partition coefficient (Wildman–Crippen LogP) is 1.72. The van der Waals surface area contributed by atoms with E-state index in [2.05, 4.69) is 16.9 Å². The van der Waals surface area contributed by atoms with Gasteiger partial charge < -0.3 is 14.7 Å². The van der Waals surface area contributed by atoms with Crippen molar-refractivity contribution in [1.29, 1.82) is 0 Å². The van der Waals surface area contributed by atoms with Gasteiger partial charge in [-0.1, -0.05) is 6.07 Å². The van der Waals surface area contributed by atoms with Crippen molar-refractivity contribution in [3.63, 3.8) is 0 Å². The van der Waals surface area contributed by atoms with Crippen LogP contribution in [0.2, 0.25) is 0 Å². The molecule has 0 aliphatic carbocycles. The highest BCUT2D eigenvalue weighted by Crippen LogP contribution is 2.27. The number of fused-ring (bicyclic) bond motifs is 1. The second-order valence-corrected chi connectivity index (χ2v) is 7.06. The number of benzene rings is 1. The fraction of sp³-hybridized carbons (Fsp3) is 0.350. The lowest BCUT2D eigenvalue weighted by Crippen LogP contribution is -2.47. The number of pyridine rings is 1. The number of carbonyl (C=O) groups is 2. The van der Waals surface area contributed by atoms with E-state index in [1.165, 1.54) is 0 Å². The minimum absolute atomic E-state index is 0.0535. The van der Waals surface area contributed by atoms with Gasteiger partial charge in [0.05, 0.1) is 5.69 Å². The third kappa shape index (κ3) is 2.97. The topological polar surface area (TPSA) is 56.8 Å². The van der Waals surface area contributed by atoms with Crippen LogP contribution in [0.4, 0.5) is 0 Å². The van der Waals surface area contributed by atoms with Gasteiger partial charge in [-0.3, -0.25) is 14.6 Å². The maximum atomic E-state index is 12.8. The SMILES string of the molecule is CN1CCN(C(=O)c2ccnc(-c3ccc4c(c3)CN(C)C4=O)c2)CC1. The summed E-state index contributed by atoms with van der Waals surface area (Å²) in [7, 11) is 3.87. The molecule has 6 nitrogen and oxygen atoms in total. The molecule has 2 aromatic rings. The molecule has 2 aliphatic rings. The van der Waals surface area contributed by atoms with Crippen molar-refractivity contribution in [3.05, 3.63) is 53.2 Å². The van der Waals surface area contributed by atoms with Crippen molar-refractivity contribution >= 4 is 11.8 Å². The molecule has 0 atom stereocenters. The average Bonchev–Trinajstić information content (AvgIpc) is 2.95. The quantitative estimate of drug-likeness (QED) is 0.828. The Bertz CT molecular complexity index is 872. The molecule has 0 saturated carbocycles. The summed E-state index contributed by atoms with van der Waals surface area (Å²) < 4.78 is 0. The molecule has 26 heavy (non-hydrogen) atoms. The van der Waals surface area contributed by atoms with E-state index in [1.54, 1.807) is 24.2 Å². The van der Waals surface area contributed by atoms with E-state index in [0.29, 0.717) is 12.1 Å². The van der Waals surface area contributed by atoms with Gasteiger partial charge in [-0.15, -0.1) is 0 Å². The molecule has 6 heteroatoms. The Balaban J connectivity index is 1.60. The third-order valence-electron chi connectivity index (χ3n) is 5.18. The Morgan fingerprint density at radius 2 is 1.81 bits per heavy atom. The number of piperazine rings is 1. The number of nitrogens with zero attached hydrogens (tertiary/aromatic N) is 4. The van der Waals surface area contributed by atoms with E-state index in [9.17, 15) is 9.59 Å². The average molecular weight is 350 g/mol. The lowest BCUT2D eigenvalue weighted by molar-refractivity contribution is 0.0663. The van der Waals surface area contributed by atoms with Crippen molar-refractivity contribution in [2.24, 2.45) is 0 Å². The van der Waals surface area contributed by atoms with Gasteiger partial charge in [0.1, 0.15) is 0 Å². The maximum Gasteiger partial charge on any atom is 0.254 e. The first-order valence-corrected chi connectivity index (χ1v) is 8.85. The number of hydrogen-bond donors (Lipinski definition) is 0. The summed E-state index contributed by atoms with van der Waals surface area (Å²) in [6, 6.07) is 9.39. The van der Waals surface area contributed by atoms with Crippen LogP contribution in [-0.4, -0.2) is 71.8 Å². The number of amides is 2. The number of likely N-dealkylation sites (N-methyl/N-ethyl adjacent to an activating group) is 1. The number of carbonyl (C=O) groups excluding carboxylic acids is 2. The maximum absolute atomic E-state index is 12.8. The largest absolute Gasteiger partial charge is 0.337 e. The molecule has 2 aliphatic heterocycles. The first kappa shape index (κ1) is 16.7. The van der Waals surface area contributed by atoms with Crippen molar-refractivity contribution in [2.75, 3.05) is 40.3 Å². The van der Waals surface area contributed by atoms with Crippen LogP contribution in [0.5, 0.6) is 0 Å². The Kier molecular flexibility index (Phi) is 4.20. The van der Waals surface area contributed by atoms with Crippen molar-refractivity contribution in [2.45, 2.75) is 6.54 Å². The molecule has 0 spiro atoms. The van der Waals surface area contributed by atoms with Crippen LogP contribution < -0.4 is 0 Å². The summed E-state index contributed by atoms with van der Waals surface area (Å²) in [5.74, 6) is 0.108. The van der Waals surface area contributed by atoms with E-state index in [0.717, 1.165) is 48.6 Å². The fourth-order valence-electron chi connectivity index (χ4n) is 3.54. The summed E-state index contributed by atoms with van der Waals surface area (Å²) in [6.45, 7) is 3.91. The molecule has 4 rings (SSSR count). The molecule has 134 valence electrons. The summed E-state index contributed by atoms with van der Waals surface area (Å²) in [5, 5.41) is 0. The van der Waals surface area contributed by atoms with Gasteiger partial charge in [-0.2, -0.15) is 0 Å². The zero-order valence-corrected chi connectivity index (χ0v) is 15.1. The normalized spacial score (nSPS) is 17.5. The van der Waals surface area contributed by atoms with Gasteiger partial charge in [-0.25, -0.2) is 0 Å². The van der Waals surface area contributed by atoms with Crippen LogP contribution in [0.15, 0.2) is 36.5 Å². The van der Waals surface area contributed by atoms with Crippen LogP contribution >= 0.6 is 0 Å². The van der Waals surface area contributed by atoms with Crippen molar-refractivity contribution in [1.82, 2.24) is 19.7 Å². The number of hydrogen-bond acceptors (Lipinski definition) is 4. The molecule has 0 N–H and O–H groups in total. The van der Waals surface area contributed by atoms with E-state index >= 15 is 0 Å². The Morgan fingerprint density at radius 3 is 2.58 bits per heavy atom. The van der Waals surface area contributed by atoms with Gasteiger partial charge in [0, 0.05) is 62.7 Å². The molecule has 2 amide bonds. The molecule has 0 unspecified atom stereocenters. The van der Waals surface area contributed by atoms with E-state index < -0.39 is 0 Å². The zero-order chi connectivity index (χ0) is 18.3. The highest BCUT2D eigenvalue weighted by molar-refractivity contribution is 5.99. The lowest BCUT2D eigenvalue weighted by Gasteiger charge is -2.32. The summed E-state index contributed by atoms with van der Waals surface area (Å²) in [6.07, 6.45) is 1.68. The molecular weight excluding hydrogens is 328 g/mol. The molecular formula is C20H22N4O2. The zero-order valence-electron chi connectivity index (χ0n) is 15.1. The monoisotopic (exact) mass is 350 g/mol. The van der Waals surface area contributed by atoms with Crippen LogP contribution in [0, 0.1) is 0 Å². The molecule has 1 aromatic carbocycles. The summed E-state index contributed by atoms with van der Waals surface area (Å²) in [4.78, 5) is 35.1. The standard InChI is InChI=1S/C20H22N4O2/c1-22-7-9-24(10-8-22)19(25)15-5-6-21-18(12-15)14-3-4-17-16(11-14)13-23(2)20(17)26/h3-6,11-12H,7-10,13H2,1-2H3. The highest BCUT2D eigenvalue weighted by Gasteiger charge is 2.25. The van der Waals surface area contributed by atoms with Gasteiger partial charge in [0.15, 0.2) is 0 Å². The third-order valence-corrected chi connectivity index (χ3v) is 5.18. The van der Waals surface area contributed by atoms with Crippen LogP contribution in [0.1, 0.15) is 26.3 Å². The molecule has 1 fully saturated rings. The van der Waals surface area contributed by atoms with Crippen molar-refractivity contribution < 1.29 is 9.59 Å². The summed E-state index contributed by atoms with van der Waals surface area (Å²) >= 11 is 0. The number of rotatable bonds is 2. The molecule has 0 radical (unpaired) electrons. The van der Waals surface area contributed by atoms with Crippen molar-refractivity contribution in [3.8, 4) is 11.3 Å². The minimum atomic E-state index is 0.0535. The van der Waals surface area contributed by atoms with E-state index in [1.807, 2.05) is 29.2 Å². The van der Waals surface area contributed by atoms with Crippen LogP contribution in [0.25, 0.3) is 11.3 Å². The lowest BCUT2D eigenvalue weighted by atomic mass is 10.0.